The van der Waals surface area contributed by atoms with Crippen molar-refractivity contribution >= 4 is 17.3 Å². The van der Waals surface area contributed by atoms with Crippen LogP contribution < -0.4 is 0 Å². The zero-order valence-electron chi connectivity index (χ0n) is 6.74. The van der Waals surface area contributed by atoms with Gasteiger partial charge in [-0.1, -0.05) is 0 Å². The van der Waals surface area contributed by atoms with E-state index in [9.17, 15) is 4.79 Å². The van der Waals surface area contributed by atoms with Crippen LogP contribution in [-0.2, 0) is 11.2 Å². The molecule has 1 aromatic heterocycles. The van der Waals surface area contributed by atoms with Gasteiger partial charge in [0.25, 0.3) is 0 Å². The predicted molar refractivity (Wildman–Crippen MR) is 46.4 cm³/mol. The largest absolute Gasteiger partial charge is 0.465 e. The van der Waals surface area contributed by atoms with Crippen LogP contribution in [-0.4, -0.2) is 24.8 Å². The van der Waals surface area contributed by atoms with Gasteiger partial charge in [0.15, 0.2) is 0 Å². The Morgan fingerprint density at radius 3 is 3.08 bits per heavy atom. The summed E-state index contributed by atoms with van der Waals surface area (Å²) in [5.41, 5.74) is 0.856. The normalized spacial score (nSPS) is 9.83. The van der Waals surface area contributed by atoms with Gasteiger partial charge in [0.2, 0.25) is 0 Å². The van der Waals surface area contributed by atoms with E-state index in [1.807, 2.05) is 11.4 Å². The van der Waals surface area contributed by atoms with Gasteiger partial charge in [-0.25, -0.2) is 4.79 Å². The molecule has 3 nitrogen and oxygen atoms in total. The molecule has 0 saturated carbocycles. The zero-order valence-corrected chi connectivity index (χ0v) is 7.56. The number of esters is 1. The van der Waals surface area contributed by atoms with Crippen molar-refractivity contribution in [1.82, 2.24) is 0 Å². The molecule has 1 heterocycles. The lowest BCUT2D eigenvalue weighted by Gasteiger charge is -1.98. The van der Waals surface area contributed by atoms with Crippen molar-refractivity contribution < 1.29 is 14.6 Å². The first-order chi connectivity index (χ1) is 5.79. The number of carbonyl (C=O) groups excluding carboxylic acids is 1. The van der Waals surface area contributed by atoms with Crippen molar-refractivity contribution in [1.29, 1.82) is 0 Å². The second-order valence-electron chi connectivity index (χ2n) is 2.24. The van der Waals surface area contributed by atoms with E-state index < -0.39 is 0 Å². The molecule has 0 aliphatic rings. The van der Waals surface area contributed by atoms with Gasteiger partial charge in [-0.05, 0) is 23.4 Å². The zero-order chi connectivity index (χ0) is 8.97. The van der Waals surface area contributed by atoms with Gasteiger partial charge in [-0.2, -0.15) is 0 Å². The molecule has 0 amide bonds. The van der Waals surface area contributed by atoms with Crippen LogP contribution in [0.4, 0.5) is 0 Å². The van der Waals surface area contributed by atoms with Crippen LogP contribution in [0.1, 0.15) is 15.2 Å². The summed E-state index contributed by atoms with van der Waals surface area (Å²) in [5, 5.41) is 10.5. The molecule has 0 saturated heterocycles. The van der Waals surface area contributed by atoms with Crippen molar-refractivity contribution in [2.45, 2.75) is 6.42 Å². The third-order valence-corrected chi connectivity index (χ3v) is 2.44. The lowest BCUT2D eigenvalue weighted by molar-refractivity contribution is 0.0605. The Morgan fingerprint density at radius 2 is 2.50 bits per heavy atom. The van der Waals surface area contributed by atoms with Crippen molar-refractivity contribution in [3.8, 4) is 0 Å². The average Bonchev–Trinajstić information content (AvgIpc) is 2.52. The number of aliphatic hydroxyl groups excluding tert-OH is 1. The fourth-order valence-electron chi connectivity index (χ4n) is 0.925. The smallest absolute Gasteiger partial charge is 0.348 e. The average molecular weight is 186 g/mol. The van der Waals surface area contributed by atoms with Crippen molar-refractivity contribution in [2.24, 2.45) is 0 Å². The summed E-state index contributed by atoms with van der Waals surface area (Å²) in [7, 11) is 1.35. The molecule has 0 fully saturated rings. The number of hydrogen-bond donors (Lipinski definition) is 1. The molecule has 0 unspecified atom stereocenters. The van der Waals surface area contributed by atoms with Gasteiger partial charge in [-0.15, -0.1) is 11.3 Å². The van der Waals surface area contributed by atoms with E-state index in [1.54, 1.807) is 0 Å². The van der Waals surface area contributed by atoms with E-state index in [4.69, 9.17) is 5.11 Å². The maximum atomic E-state index is 11.1. The van der Waals surface area contributed by atoms with Gasteiger partial charge >= 0.3 is 5.97 Å². The molecule has 0 bridgehead atoms. The summed E-state index contributed by atoms with van der Waals surface area (Å²) in [4.78, 5) is 11.7. The Kier molecular flexibility index (Phi) is 3.25. The summed E-state index contributed by atoms with van der Waals surface area (Å²) >= 11 is 1.34. The number of aliphatic hydroxyl groups is 1. The van der Waals surface area contributed by atoms with E-state index in [0.29, 0.717) is 11.3 Å². The molecule has 66 valence electrons. The van der Waals surface area contributed by atoms with Gasteiger partial charge in [-0.3, -0.25) is 0 Å². The van der Waals surface area contributed by atoms with Crippen molar-refractivity contribution in [3.05, 3.63) is 21.9 Å². The van der Waals surface area contributed by atoms with Gasteiger partial charge in [0.1, 0.15) is 4.88 Å². The molecule has 1 aromatic rings. The molecule has 0 spiro atoms. The quantitative estimate of drug-likeness (QED) is 0.718. The van der Waals surface area contributed by atoms with Gasteiger partial charge < -0.3 is 9.84 Å². The fourth-order valence-corrected chi connectivity index (χ4v) is 1.79. The molecular weight excluding hydrogens is 176 g/mol. The minimum Gasteiger partial charge on any atom is -0.465 e. The third kappa shape index (κ3) is 1.84. The molecule has 0 radical (unpaired) electrons. The van der Waals surface area contributed by atoms with E-state index in [-0.39, 0.29) is 12.6 Å². The minimum absolute atomic E-state index is 0.0563. The number of ether oxygens (including phenoxy) is 1. The molecule has 4 heteroatoms. The van der Waals surface area contributed by atoms with Crippen LogP contribution >= 0.6 is 11.3 Å². The highest BCUT2D eigenvalue weighted by Crippen LogP contribution is 2.17. The lowest BCUT2D eigenvalue weighted by Crippen LogP contribution is -2.02. The summed E-state index contributed by atoms with van der Waals surface area (Å²) in [6, 6.07) is 1.83. The topological polar surface area (TPSA) is 46.5 Å². The minimum atomic E-state index is -0.326. The lowest BCUT2D eigenvalue weighted by atomic mass is 10.2. The summed E-state index contributed by atoms with van der Waals surface area (Å²) < 4.78 is 4.57. The molecule has 0 atom stereocenters. The van der Waals surface area contributed by atoms with Crippen LogP contribution in [0.15, 0.2) is 11.4 Å². The van der Waals surface area contributed by atoms with Gasteiger partial charge in [0, 0.05) is 6.61 Å². The van der Waals surface area contributed by atoms with Crippen LogP contribution in [0.25, 0.3) is 0 Å². The van der Waals surface area contributed by atoms with E-state index >= 15 is 0 Å². The Hall–Kier alpha value is -0.870. The van der Waals surface area contributed by atoms with Crippen molar-refractivity contribution in [2.75, 3.05) is 13.7 Å². The molecule has 0 aliphatic heterocycles. The Morgan fingerprint density at radius 1 is 1.75 bits per heavy atom. The second kappa shape index (κ2) is 4.23. The number of hydrogen-bond acceptors (Lipinski definition) is 4. The molecule has 1 N–H and O–H groups in total. The molecule has 0 aromatic carbocycles. The number of carbonyl (C=O) groups is 1. The number of thiophene rings is 1. The Bertz CT molecular complexity index is 267. The monoisotopic (exact) mass is 186 g/mol. The maximum absolute atomic E-state index is 11.1. The third-order valence-electron chi connectivity index (χ3n) is 1.50. The SMILES string of the molecule is COC(=O)c1sccc1CCO. The highest BCUT2D eigenvalue weighted by atomic mass is 32.1. The van der Waals surface area contributed by atoms with Crippen LogP contribution in [0.5, 0.6) is 0 Å². The van der Waals surface area contributed by atoms with Crippen LogP contribution in [0.3, 0.4) is 0 Å². The first-order valence-electron chi connectivity index (χ1n) is 3.55. The highest BCUT2D eigenvalue weighted by Gasteiger charge is 2.12. The van der Waals surface area contributed by atoms with Crippen LogP contribution in [0.2, 0.25) is 0 Å². The van der Waals surface area contributed by atoms with Gasteiger partial charge in [0.05, 0.1) is 7.11 Å². The maximum Gasteiger partial charge on any atom is 0.348 e. The first kappa shape index (κ1) is 9.22. The fraction of sp³-hybridized carbons (Fsp3) is 0.375. The van der Waals surface area contributed by atoms with E-state index in [1.165, 1.54) is 18.4 Å². The van der Waals surface area contributed by atoms with Crippen molar-refractivity contribution in [3.63, 3.8) is 0 Å². The molecule has 1 rings (SSSR count). The first-order valence-corrected chi connectivity index (χ1v) is 4.43. The number of rotatable bonds is 3. The Balaban J connectivity index is 2.83. The number of methoxy groups -OCH3 is 1. The summed E-state index contributed by atoms with van der Waals surface area (Å²) in [6.07, 6.45) is 0.508. The van der Waals surface area contributed by atoms with Crippen LogP contribution in [0, 0.1) is 0 Å². The molecular formula is C8H10O3S. The summed E-state index contributed by atoms with van der Waals surface area (Å²) in [6.45, 7) is 0.0563. The molecule has 12 heavy (non-hydrogen) atoms. The van der Waals surface area contributed by atoms with E-state index in [0.717, 1.165) is 5.56 Å². The molecule has 0 aliphatic carbocycles. The second-order valence-corrected chi connectivity index (χ2v) is 3.16. The van der Waals surface area contributed by atoms with E-state index in [2.05, 4.69) is 4.74 Å². The Labute approximate surface area is 74.6 Å². The predicted octanol–water partition coefficient (Wildman–Crippen LogP) is 1.07. The standard InChI is InChI=1S/C8H10O3S/c1-11-8(10)7-6(2-4-9)3-5-12-7/h3,5,9H,2,4H2,1H3. The summed E-state index contributed by atoms with van der Waals surface area (Å²) in [5.74, 6) is -0.326. The highest BCUT2D eigenvalue weighted by molar-refractivity contribution is 7.12.